The molecule has 0 aliphatic carbocycles. The second kappa shape index (κ2) is 7.78. The van der Waals surface area contributed by atoms with Crippen molar-refractivity contribution >= 4 is 15.9 Å². The van der Waals surface area contributed by atoms with Gasteiger partial charge in [0.1, 0.15) is 30.2 Å². The third-order valence-electron chi connectivity index (χ3n) is 4.90. The Balaban J connectivity index is 1.83. The minimum atomic E-state index is -3.89. The highest BCUT2D eigenvalue weighted by Crippen LogP contribution is 2.32. The summed E-state index contributed by atoms with van der Waals surface area (Å²) in [5.41, 5.74) is 11.9. The van der Waals surface area contributed by atoms with Gasteiger partial charge in [0.05, 0.1) is 18.2 Å². The van der Waals surface area contributed by atoms with Crippen LogP contribution in [0.4, 0.5) is 0 Å². The fourth-order valence-corrected chi connectivity index (χ4v) is 3.94. The van der Waals surface area contributed by atoms with Gasteiger partial charge in [-0.1, -0.05) is 12.1 Å². The number of primary sulfonamides is 1. The molecule has 0 bridgehead atoms. The van der Waals surface area contributed by atoms with Gasteiger partial charge in [0, 0.05) is 6.20 Å². The summed E-state index contributed by atoms with van der Waals surface area (Å²) in [5, 5.41) is 34.5. The van der Waals surface area contributed by atoms with Crippen molar-refractivity contribution in [2.75, 3.05) is 13.3 Å². The van der Waals surface area contributed by atoms with E-state index in [0.29, 0.717) is 5.56 Å². The van der Waals surface area contributed by atoms with E-state index in [4.69, 9.17) is 21.3 Å². The molecule has 5 atom stereocenters. The van der Waals surface area contributed by atoms with E-state index in [9.17, 15) is 28.5 Å². The van der Waals surface area contributed by atoms with Crippen LogP contribution in [0.5, 0.6) is 0 Å². The molecular formula is C16H23N5O7S. The molecule has 2 heterocycles. The molecule has 0 spiro atoms. The Morgan fingerprint density at radius 3 is 2.34 bits per heavy atom. The summed E-state index contributed by atoms with van der Waals surface area (Å²) in [6, 6.07) is 4.34. The minimum absolute atomic E-state index is 0.0109. The number of nitrogens with zero attached hydrogens (tertiary/aromatic N) is 2. The Morgan fingerprint density at radius 1 is 1.24 bits per heavy atom. The second-order valence-electron chi connectivity index (χ2n) is 6.83. The number of sulfonamides is 1. The maximum Gasteiger partial charge on any atom is 0.244 e. The maximum atomic E-state index is 12.1. The molecule has 13 heteroatoms. The van der Waals surface area contributed by atoms with Gasteiger partial charge < -0.3 is 41.3 Å². The Hall–Kier alpha value is -2.42. The average Bonchev–Trinajstić information content (AvgIpc) is 3.15. The standard InChI is InChI=1S/C16H23N5O7S/c17-11-5-20(7-21(11)16-14(24)13(23)10(6-22)28-16)12(15(18)25)8-1-3-9(4-2-8)29(19,26)27/h1-5,10,12-14,16,22-24H,6-7,17H2,(H2,18,25)(H2,19,26,27)/t10-,12?,13-,14-,16-/m1/s1. The lowest BCUT2D eigenvalue weighted by Crippen LogP contribution is -2.46. The molecule has 3 rings (SSSR count). The number of aliphatic hydroxyl groups is 3. The first-order valence-electron chi connectivity index (χ1n) is 8.58. The summed E-state index contributed by atoms with van der Waals surface area (Å²) in [6.07, 6.45) is -3.22. The molecule has 29 heavy (non-hydrogen) atoms. The molecule has 1 fully saturated rings. The summed E-state index contributed by atoms with van der Waals surface area (Å²) in [6.45, 7) is -0.501. The molecule has 0 aromatic heterocycles. The molecule has 1 aromatic carbocycles. The molecule has 0 radical (unpaired) electrons. The Labute approximate surface area is 166 Å². The van der Waals surface area contributed by atoms with Crippen LogP contribution in [0, 0.1) is 0 Å². The van der Waals surface area contributed by atoms with E-state index in [2.05, 4.69) is 0 Å². The number of hydrogen-bond acceptors (Lipinski definition) is 10. The summed E-state index contributed by atoms with van der Waals surface area (Å²) in [7, 11) is -3.89. The van der Waals surface area contributed by atoms with Gasteiger partial charge in [-0.15, -0.1) is 0 Å². The van der Waals surface area contributed by atoms with Crippen LogP contribution in [0.15, 0.2) is 41.2 Å². The molecule has 9 N–H and O–H groups in total. The third kappa shape index (κ3) is 4.01. The number of aliphatic hydroxyl groups excluding tert-OH is 3. The van der Waals surface area contributed by atoms with Crippen LogP contribution in [-0.2, 0) is 19.6 Å². The zero-order valence-electron chi connectivity index (χ0n) is 15.2. The smallest absolute Gasteiger partial charge is 0.244 e. The zero-order valence-corrected chi connectivity index (χ0v) is 16.0. The lowest BCUT2D eigenvalue weighted by atomic mass is 10.1. The molecule has 2 aliphatic rings. The third-order valence-corrected chi connectivity index (χ3v) is 5.82. The van der Waals surface area contributed by atoms with Crippen LogP contribution >= 0.6 is 0 Å². The van der Waals surface area contributed by atoms with E-state index in [-0.39, 0.29) is 17.4 Å². The van der Waals surface area contributed by atoms with Gasteiger partial charge in [-0.25, -0.2) is 13.6 Å². The SMILES string of the molecule is NC(=O)C(c1ccc(S(N)(=O)=O)cc1)N1C=C(N)N([C@@H]2O[C@H](CO)[C@@H](O)[C@H]2O)C1. The van der Waals surface area contributed by atoms with Crippen molar-refractivity contribution < 1.29 is 33.3 Å². The van der Waals surface area contributed by atoms with E-state index < -0.39 is 53.1 Å². The summed E-state index contributed by atoms with van der Waals surface area (Å²) in [4.78, 5) is 14.9. The molecule has 1 aromatic rings. The van der Waals surface area contributed by atoms with E-state index in [1.54, 1.807) is 0 Å². The Morgan fingerprint density at radius 2 is 1.86 bits per heavy atom. The first-order valence-corrected chi connectivity index (χ1v) is 10.1. The van der Waals surface area contributed by atoms with Crippen LogP contribution in [0.2, 0.25) is 0 Å². The molecule has 1 unspecified atom stereocenters. The number of amides is 1. The van der Waals surface area contributed by atoms with Crippen molar-refractivity contribution in [2.24, 2.45) is 16.6 Å². The molecule has 12 nitrogen and oxygen atoms in total. The van der Waals surface area contributed by atoms with Crippen molar-refractivity contribution in [2.45, 2.75) is 35.5 Å². The van der Waals surface area contributed by atoms with E-state index >= 15 is 0 Å². The van der Waals surface area contributed by atoms with Gasteiger partial charge >= 0.3 is 0 Å². The highest BCUT2D eigenvalue weighted by atomic mass is 32.2. The topological polar surface area (TPSA) is 206 Å². The van der Waals surface area contributed by atoms with E-state index in [1.807, 2.05) is 0 Å². The highest BCUT2D eigenvalue weighted by molar-refractivity contribution is 7.89. The number of primary amides is 1. The number of ether oxygens (including phenoxy) is 1. The fraction of sp³-hybridized carbons (Fsp3) is 0.438. The number of rotatable bonds is 6. The number of nitrogens with two attached hydrogens (primary N) is 3. The van der Waals surface area contributed by atoms with Crippen LogP contribution < -0.4 is 16.6 Å². The monoisotopic (exact) mass is 429 g/mol. The zero-order chi connectivity index (χ0) is 21.5. The first kappa shape index (κ1) is 21.3. The maximum absolute atomic E-state index is 12.1. The van der Waals surface area contributed by atoms with Crippen LogP contribution in [0.1, 0.15) is 11.6 Å². The summed E-state index contributed by atoms with van der Waals surface area (Å²) in [5.74, 6) is -0.576. The second-order valence-corrected chi connectivity index (χ2v) is 8.39. The summed E-state index contributed by atoms with van der Waals surface area (Å²) < 4.78 is 28.3. The van der Waals surface area contributed by atoms with Gasteiger partial charge in [0.2, 0.25) is 15.9 Å². The highest BCUT2D eigenvalue weighted by Gasteiger charge is 2.47. The van der Waals surface area contributed by atoms with Gasteiger partial charge in [0.15, 0.2) is 6.23 Å². The Kier molecular flexibility index (Phi) is 5.71. The lowest BCUT2D eigenvalue weighted by molar-refractivity contribution is -0.124. The van der Waals surface area contributed by atoms with Crippen molar-refractivity contribution in [1.29, 1.82) is 0 Å². The van der Waals surface area contributed by atoms with Crippen molar-refractivity contribution in [3.8, 4) is 0 Å². The normalized spacial score (nSPS) is 28.5. The number of carbonyl (C=O) groups excluding carboxylic acids is 1. The molecule has 1 amide bonds. The van der Waals surface area contributed by atoms with E-state index in [0.717, 1.165) is 0 Å². The molecule has 0 saturated carbocycles. The predicted octanol–water partition coefficient (Wildman–Crippen LogP) is -3.37. The van der Waals surface area contributed by atoms with Crippen molar-refractivity contribution in [3.63, 3.8) is 0 Å². The molecular weight excluding hydrogens is 406 g/mol. The van der Waals surface area contributed by atoms with E-state index in [1.165, 1.54) is 40.3 Å². The molecule has 2 aliphatic heterocycles. The van der Waals surface area contributed by atoms with Gasteiger partial charge in [-0.3, -0.25) is 4.79 Å². The average molecular weight is 429 g/mol. The molecule has 1 saturated heterocycles. The van der Waals surface area contributed by atoms with Crippen molar-refractivity contribution in [3.05, 3.63) is 41.8 Å². The number of carbonyl (C=O) groups is 1. The Bertz CT molecular complexity index is 907. The molecule has 160 valence electrons. The van der Waals surface area contributed by atoms with Crippen LogP contribution in [0.25, 0.3) is 0 Å². The van der Waals surface area contributed by atoms with Crippen molar-refractivity contribution in [1.82, 2.24) is 9.80 Å². The van der Waals surface area contributed by atoms with Gasteiger partial charge in [-0.05, 0) is 17.7 Å². The predicted molar refractivity (Wildman–Crippen MR) is 98.3 cm³/mol. The minimum Gasteiger partial charge on any atom is -0.394 e. The summed E-state index contributed by atoms with van der Waals surface area (Å²) >= 11 is 0. The van der Waals surface area contributed by atoms with Crippen LogP contribution in [-0.4, -0.2) is 77.3 Å². The number of hydrogen-bond donors (Lipinski definition) is 6. The first-order chi connectivity index (χ1) is 13.5. The quantitative estimate of drug-likeness (QED) is 0.265. The fourth-order valence-electron chi connectivity index (χ4n) is 3.42. The van der Waals surface area contributed by atoms with Gasteiger partial charge in [-0.2, -0.15) is 0 Å². The van der Waals surface area contributed by atoms with Crippen LogP contribution in [0.3, 0.4) is 0 Å². The largest absolute Gasteiger partial charge is 0.394 e. The van der Waals surface area contributed by atoms with Gasteiger partial charge in [0.25, 0.3) is 0 Å². The number of benzene rings is 1. The lowest BCUT2D eigenvalue weighted by Gasteiger charge is -2.32.